The Kier molecular flexibility index (Phi) is 5.41. The van der Waals surface area contributed by atoms with Crippen LogP contribution in [0, 0.1) is 0 Å². The Balaban J connectivity index is 1.69. The van der Waals surface area contributed by atoms with Crippen molar-refractivity contribution in [2.75, 3.05) is 11.9 Å². The van der Waals surface area contributed by atoms with Crippen LogP contribution in [0.2, 0.25) is 5.02 Å². The summed E-state index contributed by atoms with van der Waals surface area (Å²) in [6, 6.07) is 7.15. The van der Waals surface area contributed by atoms with Crippen molar-refractivity contribution < 1.29 is 24.4 Å². The Hall–Kier alpha value is -0.890. The molecule has 2 aliphatic rings. The SMILES string of the molecule is CCCC1OC[C@H]2OC(Nc3ccccc3Cl)[C@H](O)[C@@H](O)[C@@H]2O1. The number of benzene rings is 1. The maximum atomic E-state index is 10.4. The molecule has 0 bridgehead atoms. The predicted molar refractivity (Wildman–Crippen MR) is 85.3 cm³/mol. The van der Waals surface area contributed by atoms with E-state index in [9.17, 15) is 10.2 Å². The Labute approximate surface area is 140 Å². The largest absolute Gasteiger partial charge is 0.387 e. The van der Waals surface area contributed by atoms with Gasteiger partial charge in [0.1, 0.15) is 24.4 Å². The highest BCUT2D eigenvalue weighted by Crippen LogP contribution is 2.31. The lowest BCUT2D eigenvalue weighted by Crippen LogP contribution is -2.64. The van der Waals surface area contributed by atoms with Crippen LogP contribution >= 0.6 is 11.6 Å². The van der Waals surface area contributed by atoms with Crippen molar-refractivity contribution in [2.24, 2.45) is 0 Å². The van der Waals surface area contributed by atoms with Crippen molar-refractivity contribution >= 4 is 17.3 Å². The van der Waals surface area contributed by atoms with E-state index in [0.29, 0.717) is 17.3 Å². The normalized spacial score (nSPS) is 37.2. The number of hydrogen-bond acceptors (Lipinski definition) is 6. The number of halogens is 1. The lowest BCUT2D eigenvalue weighted by molar-refractivity contribution is -0.322. The first-order chi connectivity index (χ1) is 11.1. The van der Waals surface area contributed by atoms with E-state index in [1.807, 2.05) is 19.1 Å². The third-order valence-electron chi connectivity index (χ3n) is 4.14. The summed E-state index contributed by atoms with van der Waals surface area (Å²) < 4.78 is 17.2. The lowest BCUT2D eigenvalue weighted by Gasteiger charge is -2.46. The van der Waals surface area contributed by atoms with Crippen LogP contribution in [0.4, 0.5) is 5.69 Å². The number of ether oxygens (including phenoxy) is 3. The van der Waals surface area contributed by atoms with Gasteiger partial charge in [0.25, 0.3) is 0 Å². The van der Waals surface area contributed by atoms with Crippen molar-refractivity contribution in [3.8, 4) is 0 Å². The highest BCUT2D eigenvalue weighted by Gasteiger charge is 2.48. The molecule has 2 fully saturated rings. The summed E-state index contributed by atoms with van der Waals surface area (Å²) in [6.45, 7) is 2.35. The predicted octanol–water partition coefficient (Wildman–Crippen LogP) is 1.74. The van der Waals surface area contributed by atoms with Gasteiger partial charge >= 0.3 is 0 Å². The molecular formula is C16H22ClNO5. The molecule has 0 radical (unpaired) electrons. The number of hydrogen-bond donors (Lipinski definition) is 3. The summed E-state index contributed by atoms with van der Waals surface area (Å²) >= 11 is 6.11. The first-order valence-electron chi connectivity index (χ1n) is 7.90. The van der Waals surface area contributed by atoms with Crippen molar-refractivity contribution in [3.63, 3.8) is 0 Å². The summed E-state index contributed by atoms with van der Waals surface area (Å²) in [7, 11) is 0. The zero-order valence-electron chi connectivity index (χ0n) is 12.9. The van der Waals surface area contributed by atoms with Crippen molar-refractivity contribution in [1.29, 1.82) is 0 Å². The smallest absolute Gasteiger partial charge is 0.158 e. The maximum Gasteiger partial charge on any atom is 0.158 e. The van der Waals surface area contributed by atoms with E-state index in [0.717, 1.165) is 12.8 Å². The first-order valence-corrected chi connectivity index (χ1v) is 8.27. The van der Waals surface area contributed by atoms with Gasteiger partial charge in [-0.15, -0.1) is 0 Å². The zero-order chi connectivity index (χ0) is 16.4. The molecule has 0 aliphatic carbocycles. The quantitative estimate of drug-likeness (QED) is 0.772. The molecule has 1 aromatic carbocycles. The molecule has 6 nitrogen and oxygen atoms in total. The molecule has 3 rings (SSSR count). The van der Waals surface area contributed by atoms with Crippen LogP contribution in [0.15, 0.2) is 24.3 Å². The molecule has 128 valence electrons. The van der Waals surface area contributed by atoms with Crippen molar-refractivity contribution in [3.05, 3.63) is 29.3 Å². The summed E-state index contributed by atoms with van der Waals surface area (Å²) in [5.74, 6) is 0. The van der Waals surface area contributed by atoms with Gasteiger partial charge in [0.2, 0.25) is 0 Å². The third kappa shape index (κ3) is 3.63. The minimum Gasteiger partial charge on any atom is -0.387 e. The van der Waals surface area contributed by atoms with Crippen LogP contribution in [0.5, 0.6) is 0 Å². The van der Waals surface area contributed by atoms with Gasteiger partial charge in [-0.3, -0.25) is 0 Å². The van der Waals surface area contributed by atoms with Crippen LogP contribution in [-0.4, -0.2) is 53.8 Å². The van der Waals surface area contributed by atoms with Crippen LogP contribution in [0.3, 0.4) is 0 Å². The number of nitrogens with one attached hydrogen (secondary N) is 1. The van der Waals surface area contributed by atoms with Crippen molar-refractivity contribution in [2.45, 2.75) is 56.7 Å². The van der Waals surface area contributed by atoms with Gasteiger partial charge in [0.05, 0.1) is 17.3 Å². The number of aliphatic hydroxyl groups excluding tert-OH is 2. The minimum absolute atomic E-state index is 0.319. The fourth-order valence-corrected chi connectivity index (χ4v) is 3.09. The van der Waals surface area contributed by atoms with E-state index in [2.05, 4.69) is 5.32 Å². The van der Waals surface area contributed by atoms with Crippen molar-refractivity contribution in [1.82, 2.24) is 0 Å². The second kappa shape index (κ2) is 7.34. The number of rotatable bonds is 4. The van der Waals surface area contributed by atoms with Gasteiger partial charge in [-0.1, -0.05) is 37.1 Å². The lowest BCUT2D eigenvalue weighted by atomic mass is 9.97. The zero-order valence-corrected chi connectivity index (χ0v) is 13.6. The van der Waals surface area contributed by atoms with E-state index in [1.165, 1.54) is 0 Å². The summed E-state index contributed by atoms with van der Waals surface area (Å²) in [5.41, 5.74) is 0.630. The van der Waals surface area contributed by atoms with Gasteiger partial charge in [-0.2, -0.15) is 0 Å². The molecule has 0 spiro atoms. The fraction of sp³-hybridized carbons (Fsp3) is 0.625. The highest BCUT2D eigenvalue weighted by atomic mass is 35.5. The molecule has 2 unspecified atom stereocenters. The van der Waals surface area contributed by atoms with E-state index in [-0.39, 0.29) is 6.29 Å². The van der Waals surface area contributed by atoms with Crippen LogP contribution in [-0.2, 0) is 14.2 Å². The van der Waals surface area contributed by atoms with Gasteiger partial charge in [-0.25, -0.2) is 0 Å². The maximum absolute atomic E-state index is 10.4. The van der Waals surface area contributed by atoms with E-state index >= 15 is 0 Å². The van der Waals surface area contributed by atoms with E-state index < -0.39 is 30.6 Å². The number of anilines is 1. The molecule has 3 N–H and O–H groups in total. The monoisotopic (exact) mass is 343 g/mol. The molecule has 0 saturated carbocycles. The number of fused-ring (bicyclic) bond motifs is 1. The molecule has 23 heavy (non-hydrogen) atoms. The average Bonchev–Trinajstić information content (AvgIpc) is 2.55. The molecule has 7 heteroatoms. The molecule has 0 amide bonds. The Morgan fingerprint density at radius 1 is 1.22 bits per heavy atom. The molecule has 2 heterocycles. The second-order valence-corrected chi connectivity index (χ2v) is 6.26. The van der Waals surface area contributed by atoms with Gasteiger partial charge < -0.3 is 29.7 Å². The van der Waals surface area contributed by atoms with Gasteiger partial charge in [0.15, 0.2) is 12.5 Å². The number of aliphatic hydroxyl groups is 2. The summed E-state index contributed by atoms with van der Waals surface area (Å²) in [6.07, 6.45) is -2.72. The van der Waals surface area contributed by atoms with Gasteiger partial charge in [0, 0.05) is 0 Å². The number of para-hydroxylation sites is 1. The topological polar surface area (TPSA) is 80.2 Å². The van der Waals surface area contributed by atoms with E-state index in [1.54, 1.807) is 12.1 Å². The molecule has 2 aliphatic heterocycles. The Morgan fingerprint density at radius 2 is 2.00 bits per heavy atom. The fourth-order valence-electron chi connectivity index (χ4n) is 2.90. The summed E-state index contributed by atoms with van der Waals surface area (Å²) in [5, 5.41) is 24.3. The highest BCUT2D eigenvalue weighted by molar-refractivity contribution is 6.33. The Morgan fingerprint density at radius 3 is 2.74 bits per heavy atom. The molecule has 0 aromatic heterocycles. The molecule has 2 saturated heterocycles. The third-order valence-corrected chi connectivity index (χ3v) is 4.47. The minimum atomic E-state index is -1.13. The first kappa shape index (κ1) is 17.0. The van der Waals surface area contributed by atoms with Crippen LogP contribution < -0.4 is 5.32 Å². The molecule has 1 aromatic rings. The molecular weight excluding hydrogens is 322 g/mol. The van der Waals surface area contributed by atoms with Gasteiger partial charge in [-0.05, 0) is 18.6 Å². The van der Waals surface area contributed by atoms with E-state index in [4.69, 9.17) is 25.8 Å². The van der Waals surface area contributed by atoms with Crippen LogP contribution in [0.1, 0.15) is 19.8 Å². The summed E-state index contributed by atoms with van der Waals surface area (Å²) in [4.78, 5) is 0. The standard InChI is InChI=1S/C16H22ClNO5/c1-2-5-12-21-8-11-15(23-12)13(19)14(20)16(22-11)18-10-7-4-3-6-9(10)17/h3-4,6-7,11-16,18-20H,2,5,8H2,1H3/t11-,12?,13-,14-,15-,16?/m1/s1. The molecule has 6 atom stereocenters. The Bertz CT molecular complexity index is 529. The second-order valence-electron chi connectivity index (χ2n) is 5.85. The average molecular weight is 344 g/mol. The van der Waals surface area contributed by atoms with Crippen LogP contribution in [0.25, 0.3) is 0 Å².